The second-order valence-corrected chi connectivity index (χ2v) is 5.12. The average molecular weight is 300 g/mol. The van der Waals surface area contributed by atoms with E-state index in [4.69, 9.17) is 14.6 Å². The molecule has 0 heterocycles. The van der Waals surface area contributed by atoms with Crippen molar-refractivity contribution in [1.82, 2.24) is 0 Å². The van der Waals surface area contributed by atoms with E-state index in [-0.39, 0.29) is 5.56 Å². The SMILES string of the molecule is Cc1ccc(OCCCOc2ccccc2C(=O)O)c(C)c1. The molecule has 0 aromatic heterocycles. The summed E-state index contributed by atoms with van der Waals surface area (Å²) >= 11 is 0. The molecule has 2 aromatic carbocycles. The third kappa shape index (κ3) is 4.25. The fourth-order valence-electron chi connectivity index (χ4n) is 2.15. The second kappa shape index (κ2) is 7.50. The van der Waals surface area contributed by atoms with Gasteiger partial charge in [0, 0.05) is 6.42 Å². The summed E-state index contributed by atoms with van der Waals surface area (Å²) in [7, 11) is 0. The smallest absolute Gasteiger partial charge is 0.339 e. The highest BCUT2D eigenvalue weighted by atomic mass is 16.5. The van der Waals surface area contributed by atoms with Crippen LogP contribution in [0, 0.1) is 13.8 Å². The van der Waals surface area contributed by atoms with Crippen molar-refractivity contribution in [3.63, 3.8) is 0 Å². The van der Waals surface area contributed by atoms with Crippen molar-refractivity contribution in [2.45, 2.75) is 20.3 Å². The molecule has 0 aliphatic carbocycles. The predicted octanol–water partition coefficient (Wildman–Crippen LogP) is 3.85. The molecule has 0 atom stereocenters. The van der Waals surface area contributed by atoms with Gasteiger partial charge in [0.25, 0.3) is 0 Å². The topological polar surface area (TPSA) is 55.8 Å². The summed E-state index contributed by atoms with van der Waals surface area (Å²) in [5.74, 6) is 0.278. The van der Waals surface area contributed by atoms with E-state index in [9.17, 15) is 4.79 Å². The fourth-order valence-corrected chi connectivity index (χ4v) is 2.15. The Kier molecular flexibility index (Phi) is 5.42. The van der Waals surface area contributed by atoms with Crippen LogP contribution in [0.15, 0.2) is 42.5 Å². The number of aryl methyl sites for hydroxylation is 2. The summed E-state index contributed by atoms with van der Waals surface area (Å²) in [6.45, 7) is 5.00. The van der Waals surface area contributed by atoms with E-state index in [2.05, 4.69) is 6.07 Å². The van der Waals surface area contributed by atoms with Crippen molar-refractivity contribution in [2.24, 2.45) is 0 Å². The molecule has 0 radical (unpaired) electrons. The highest BCUT2D eigenvalue weighted by Gasteiger charge is 2.09. The number of carboxylic acid groups (broad SMARTS) is 1. The molecule has 22 heavy (non-hydrogen) atoms. The first-order chi connectivity index (χ1) is 10.6. The van der Waals surface area contributed by atoms with E-state index in [0.29, 0.717) is 25.4 Å². The zero-order valence-corrected chi connectivity index (χ0v) is 12.8. The molecule has 0 unspecified atom stereocenters. The molecule has 116 valence electrons. The molecule has 0 spiro atoms. The van der Waals surface area contributed by atoms with Gasteiger partial charge < -0.3 is 14.6 Å². The summed E-state index contributed by atoms with van der Waals surface area (Å²) in [6.07, 6.45) is 0.682. The van der Waals surface area contributed by atoms with Gasteiger partial charge >= 0.3 is 5.97 Å². The van der Waals surface area contributed by atoms with Gasteiger partial charge in [-0.15, -0.1) is 0 Å². The lowest BCUT2D eigenvalue weighted by molar-refractivity contribution is 0.0692. The Morgan fingerprint density at radius 2 is 1.68 bits per heavy atom. The lowest BCUT2D eigenvalue weighted by Gasteiger charge is -2.11. The van der Waals surface area contributed by atoms with Crippen LogP contribution in [0.25, 0.3) is 0 Å². The number of benzene rings is 2. The van der Waals surface area contributed by atoms with Gasteiger partial charge in [-0.3, -0.25) is 0 Å². The number of hydrogen-bond donors (Lipinski definition) is 1. The minimum absolute atomic E-state index is 0.179. The maximum atomic E-state index is 11.1. The van der Waals surface area contributed by atoms with Gasteiger partial charge in [-0.25, -0.2) is 4.79 Å². The first kappa shape index (κ1) is 15.9. The first-order valence-electron chi connectivity index (χ1n) is 7.23. The van der Waals surface area contributed by atoms with Gasteiger partial charge in [0.15, 0.2) is 0 Å². The Morgan fingerprint density at radius 3 is 2.36 bits per heavy atom. The van der Waals surface area contributed by atoms with Crippen molar-refractivity contribution in [1.29, 1.82) is 0 Å². The summed E-state index contributed by atoms with van der Waals surface area (Å²) in [5.41, 5.74) is 2.49. The van der Waals surface area contributed by atoms with Gasteiger partial charge in [-0.05, 0) is 37.6 Å². The number of hydrogen-bond acceptors (Lipinski definition) is 3. The molecule has 0 aliphatic rings. The largest absolute Gasteiger partial charge is 0.493 e. The quantitative estimate of drug-likeness (QED) is 0.789. The standard InChI is InChI=1S/C18H20O4/c1-13-8-9-16(14(2)12-13)21-10-5-11-22-17-7-4-3-6-15(17)18(19)20/h3-4,6-9,12H,5,10-11H2,1-2H3,(H,19,20). The van der Waals surface area contributed by atoms with E-state index in [1.165, 1.54) is 11.6 Å². The number of rotatable bonds is 7. The number of carbonyl (C=O) groups is 1. The molecule has 0 bridgehead atoms. The number of carboxylic acids is 1. The van der Waals surface area contributed by atoms with Crippen molar-refractivity contribution in [2.75, 3.05) is 13.2 Å². The summed E-state index contributed by atoms with van der Waals surface area (Å²) in [5, 5.41) is 9.07. The Labute approximate surface area is 130 Å². The van der Waals surface area contributed by atoms with E-state index < -0.39 is 5.97 Å². The predicted molar refractivity (Wildman–Crippen MR) is 84.9 cm³/mol. The van der Waals surface area contributed by atoms with Gasteiger partial charge in [-0.1, -0.05) is 29.8 Å². The van der Waals surface area contributed by atoms with Crippen LogP contribution < -0.4 is 9.47 Å². The van der Waals surface area contributed by atoms with Gasteiger partial charge in [0.1, 0.15) is 17.1 Å². The Hall–Kier alpha value is -2.49. The first-order valence-corrected chi connectivity index (χ1v) is 7.23. The maximum absolute atomic E-state index is 11.1. The Morgan fingerprint density at radius 1 is 1.00 bits per heavy atom. The van der Waals surface area contributed by atoms with Crippen molar-refractivity contribution < 1.29 is 19.4 Å². The molecule has 0 amide bonds. The van der Waals surface area contributed by atoms with Crippen LogP contribution >= 0.6 is 0 Å². The number of para-hydroxylation sites is 1. The third-order valence-corrected chi connectivity index (χ3v) is 3.25. The van der Waals surface area contributed by atoms with E-state index in [1.54, 1.807) is 18.2 Å². The minimum Gasteiger partial charge on any atom is -0.493 e. The van der Waals surface area contributed by atoms with E-state index >= 15 is 0 Å². The van der Waals surface area contributed by atoms with Crippen LogP contribution in [0.2, 0.25) is 0 Å². The molecule has 2 rings (SSSR count). The van der Waals surface area contributed by atoms with Crippen LogP contribution in [0.3, 0.4) is 0 Å². The molecule has 0 fully saturated rings. The monoisotopic (exact) mass is 300 g/mol. The number of aromatic carboxylic acids is 1. The van der Waals surface area contributed by atoms with Crippen LogP contribution in [0.4, 0.5) is 0 Å². The lowest BCUT2D eigenvalue weighted by atomic mass is 10.1. The van der Waals surface area contributed by atoms with Crippen LogP contribution in [-0.2, 0) is 0 Å². The Bertz CT molecular complexity index is 649. The second-order valence-electron chi connectivity index (χ2n) is 5.12. The zero-order valence-electron chi connectivity index (χ0n) is 12.8. The molecular formula is C18H20O4. The van der Waals surface area contributed by atoms with E-state index in [1.807, 2.05) is 26.0 Å². The summed E-state index contributed by atoms with van der Waals surface area (Å²) in [6, 6.07) is 12.7. The normalized spacial score (nSPS) is 10.3. The van der Waals surface area contributed by atoms with Crippen LogP contribution in [-0.4, -0.2) is 24.3 Å². The van der Waals surface area contributed by atoms with Crippen molar-refractivity contribution >= 4 is 5.97 Å². The highest BCUT2D eigenvalue weighted by molar-refractivity contribution is 5.90. The van der Waals surface area contributed by atoms with Gasteiger partial charge in [0.2, 0.25) is 0 Å². The summed E-state index contributed by atoms with van der Waals surface area (Å²) < 4.78 is 11.2. The zero-order chi connectivity index (χ0) is 15.9. The lowest BCUT2D eigenvalue weighted by Crippen LogP contribution is -2.08. The molecule has 4 nitrogen and oxygen atoms in total. The third-order valence-electron chi connectivity index (χ3n) is 3.25. The van der Waals surface area contributed by atoms with E-state index in [0.717, 1.165) is 11.3 Å². The van der Waals surface area contributed by atoms with Crippen molar-refractivity contribution in [3.05, 3.63) is 59.2 Å². The van der Waals surface area contributed by atoms with Gasteiger partial charge in [0.05, 0.1) is 13.2 Å². The number of ether oxygens (including phenoxy) is 2. The average Bonchev–Trinajstić information content (AvgIpc) is 2.49. The molecule has 0 saturated heterocycles. The molecule has 0 aliphatic heterocycles. The molecular weight excluding hydrogens is 280 g/mol. The van der Waals surface area contributed by atoms with Gasteiger partial charge in [-0.2, -0.15) is 0 Å². The maximum Gasteiger partial charge on any atom is 0.339 e. The van der Waals surface area contributed by atoms with Crippen LogP contribution in [0.5, 0.6) is 11.5 Å². The molecule has 1 N–H and O–H groups in total. The van der Waals surface area contributed by atoms with Crippen molar-refractivity contribution in [3.8, 4) is 11.5 Å². The van der Waals surface area contributed by atoms with Crippen LogP contribution in [0.1, 0.15) is 27.9 Å². The highest BCUT2D eigenvalue weighted by Crippen LogP contribution is 2.20. The molecule has 2 aromatic rings. The fraction of sp³-hybridized carbons (Fsp3) is 0.278. The minimum atomic E-state index is -0.984. The Balaban J connectivity index is 1.79. The molecule has 4 heteroatoms. The molecule has 0 saturated carbocycles. The summed E-state index contributed by atoms with van der Waals surface area (Å²) in [4.78, 5) is 11.1.